The lowest BCUT2D eigenvalue weighted by atomic mass is 10.1. The Morgan fingerprint density at radius 1 is 1.07 bits per heavy atom. The van der Waals surface area contributed by atoms with Crippen LogP contribution in [0.15, 0.2) is 59.6 Å². The number of hydrogen-bond acceptors (Lipinski definition) is 3. The predicted molar refractivity (Wildman–Crippen MR) is 109 cm³/mol. The Hall–Kier alpha value is -2.84. The molecule has 3 rings (SSSR count). The number of guanidine groups is 1. The molecule has 27 heavy (non-hydrogen) atoms. The van der Waals surface area contributed by atoms with Crippen molar-refractivity contribution in [3.63, 3.8) is 0 Å². The molecule has 2 aromatic carbocycles. The van der Waals surface area contributed by atoms with E-state index in [0.29, 0.717) is 18.2 Å². The standard InChI is InChI=1S/C22H27N5/c1-24-22(25-16-19-11-9-18(15-23)10-12-19)26-17-21(27-13-5-6-14-27)20-7-3-2-4-8-20/h2-4,7-12,21H,5-6,13-14,16-17H2,1H3,(H2,24,25,26). The summed E-state index contributed by atoms with van der Waals surface area (Å²) in [4.78, 5) is 6.90. The third kappa shape index (κ3) is 5.32. The van der Waals surface area contributed by atoms with E-state index in [-0.39, 0.29) is 0 Å². The molecule has 5 heteroatoms. The second-order valence-electron chi connectivity index (χ2n) is 6.78. The van der Waals surface area contributed by atoms with Crippen LogP contribution in [0.3, 0.4) is 0 Å². The van der Waals surface area contributed by atoms with E-state index in [1.807, 2.05) is 24.3 Å². The van der Waals surface area contributed by atoms with Crippen LogP contribution in [0, 0.1) is 11.3 Å². The molecule has 0 radical (unpaired) electrons. The smallest absolute Gasteiger partial charge is 0.191 e. The van der Waals surface area contributed by atoms with Gasteiger partial charge in [0.15, 0.2) is 5.96 Å². The van der Waals surface area contributed by atoms with Crippen molar-refractivity contribution in [2.45, 2.75) is 25.4 Å². The fourth-order valence-corrected chi connectivity index (χ4v) is 3.48. The molecular weight excluding hydrogens is 334 g/mol. The SMILES string of the molecule is CN=C(NCc1ccc(C#N)cc1)NCC(c1ccccc1)N1CCCC1. The van der Waals surface area contributed by atoms with Gasteiger partial charge >= 0.3 is 0 Å². The Morgan fingerprint density at radius 2 is 1.78 bits per heavy atom. The summed E-state index contributed by atoms with van der Waals surface area (Å²) in [7, 11) is 1.79. The lowest BCUT2D eigenvalue weighted by Gasteiger charge is -2.29. The van der Waals surface area contributed by atoms with Crippen LogP contribution in [-0.2, 0) is 6.54 Å². The van der Waals surface area contributed by atoms with Crippen LogP contribution in [0.5, 0.6) is 0 Å². The van der Waals surface area contributed by atoms with Crippen molar-refractivity contribution in [2.75, 3.05) is 26.7 Å². The van der Waals surface area contributed by atoms with Crippen LogP contribution in [-0.4, -0.2) is 37.5 Å². The summed E-state index contributed by atoms with van der Waals surface area (Å²) in [6.07, 6.45) is 2.55. The van der Waals surface area contributed by atoms with Gasteiger partial charge in [-0.15, -0.1) is 0 Å². The van der Waals surface area contributed by atoms with Crippen LogP contribution in [0.1, 0.15) is 35.6 Å². The molecule has 0 saturated carbocycles. The minimum Gasteiger partial charge on any atom is -0.354 e. The van der Waals surface area contributed by atoms with Gasteiger partial charge in [-0.05, 0) is 49.2 Å². The molecule has 140 valence electrons. The monoisotopic (exact) mass is 361 g/mol. The molecule has 0 aromatic heterocycles. The minimum atomic E-state index is 0.349. The molecular formula is C22H27N5. The predicted octanol–water partition coefficient (Wildman–Crippen LogP) is 3.06. The summed E-state index contributed by atoms with van der Waals surface area (Å²) in [5, 5.41) is 15.7. The number of rotatable bonds is 6. The molecule has 2 aromatic rings. The Kier molecular flexibility index (Phi) is 6.84. The third-order valence-corrected chi connectivity index (χ3v) is 5.00. The van der Waals surface area contributed by atoms with Crippen molar-refractivity contribution in [1.29, 1.82) is 5.26 Å². The number of nitriles is 1. The summed E-state index contributed by atoms with van der Waals surface area (Å²) < 4.78 is 0. The second kappa shape index (κ2) is 9.75. The highest BCUT2D eigenvalue weighted by atomic mass is 15.2. The highest BCUT2D eigenvalue weighted by Gasteiger charge is 2.23. The van der Waals surface area contributed by atoms with Gasteiger partial charge in [0.25, 0.3) is 0 Å². The van der Waals surface area contributed by atoms with Gasteiger partial charge in [-0.2, -0.15) is 5.26 Å². The van der Waals surface area contributed by atoms with Gasteiger partial charge in [-0.3, -0.25) is 9.89 Å². The molecule has 0 aliphatic carbocycles. The molecule has 1 aliphatic heterocycles. The van der Waals surface area contributed by atoms with Gasteiger partial charge in [-0.1, -0.05) is 42.5 Å². The topological polar surface area (TPSA) is 63.5 Å². The number of nitrogens with zero attached hydrogens (tertiary/aromatic N) is 3. The molecule has 1 saturated heterocycles. The lowest BCUT2D eigenvalue weighted by molar-refractivity contribution is 0.245. The van der Waals surface area contributed by atoms with E-state index < -0.39 is 0 Å². The van der Waals surface area contributed by atoms with Gasteiger partial charge < -0.3 is 10.6 Å². The van der Waals surface area contributed by atoms with E-state index in [1.165, 1.54) is 18.4 Å². The van der Waals surface area contributed by atoms with E-state index in [0.717, 1.165) is 31.2 Å². The van der Waals surface area contributed by atoms with Crippen LogP contribution >= 0.6 is 0 Å². The maximum atomic E-state index is 8.89. The maximum absolute atomic E-state index is 8.89. The van der Waals surface area contributed by atoms with Crippen LogP contribution < -0.4 is 10.6 Å². The van der Waals surface area contributed by atoms with E-state index in [4.69, 9.17) is 5.26 Å². The Morgan fingerprint density at radius 3 is 2.41 bits per heavy atom. The molecule has 1 atom stereocenters. The van der Waals surface area contributed by atoms with Crippen molar-refractivity contribution >= 4 is 5.96 Å². The lowest BCUT2D eigenvalue weighted by Crippen LogP contribution is -2.42. The zero-order valence-corrected chi connectivity index (χ0v) is 15.9. The zero-order valence-electron chi connectivity index (χ0n) is 15.9. The zero-order chi connectivity index (χ0) is 18.9. The molecule has 5 nitrogen and oxygen atoms in total. The van der Waals surface area contributed by atoms with Crippen LogP contribution in [0.4, 0.5) is 0 Å². The normalized spacial score (nSPS) is 15.9. The summed E-state index contributed by atoms with van der Waals surface area (Å²) >= 11 is 0. The molecule has 1 heterocycles. The molecule has 2 N–H and O–H groups in total. The van der Waals surface area contributed by atoms with Gasteiger partial charge in [0.05, 0.1) is 17.7 Å². The fourth-order valence-electron chi connectivity index (χ4n) is 3.48. The van der Waals surface area contributed by atoms with Gasteiger partial charge in [-0.25, -0.2) is 0 Å². The summed E-state index contributed by atoms with van der Waals surface area (Å²) in [6.45, 7) is 3.79. The third-order valence-electron chi connectivity index (χ3n) is 5.00. The summed E-state index contributed by atoms with van der Waals surface area (Å²) in [5.41, 5.74) is 3.14. The first-order valence-electron chi connectivity index (χ1n) is 9.52. The summed E-state index contributed by atoms with van der Waals surface area (Å²) in [5.74, 6) is 0.791. The highest BCUT2D eigenvalue weighted by molar-refractivity contribution is 5.79. The Labute approximate surface area is 161 Å². The second-order valence-corrected chi connectivity index (χ2v) is 6.78. The van der Waals surface area contributed by atoms with Gasteiger partial charge in [0.1, 0.15) is 0 Å². The first-order chi connectivity index (χ1) is 13.3. The van der Waals surface area contributed by atoms with Crippen molar-refractivity contribution in [1.82, 2.24) is 15.5 Å². The Bertz CT molecular complexity index is 771. The molecule has 0 spiro atoms. The van der Waals surface area contributed by atoms with E-state index in [2.05, 4.69) is 56.9 Å². The van der Waals surface area contributed by atoms with Crippen molar-refractivity contribution in [3.05, 3.63) is 71.3 Å². The number of hydrogen-bond donors (Lipinski definition) is 2. The van der Waals surface area contributed by atoms with Crippen LogP contribution in [0.25, 0.3) is 0 Å². The quantitative estimate of drug-likeness (QED) is 0.613. The molecule has 1 aliphatic rings. The van der Waals surface area contributed by atoms with Gasteiger partial charge in [0, 0.05) is 20.1 Å². The van der Waals surface area contributed by atoms with E-state index >= 15 is 0 Å². The maximum Gasteiger partial charge on any atom is 0.191 e. The molecule has 1 unspecified atom stereocenters. The highest BCUT2D eigenvalue weighted by Crippen LogP contribution is 2.24. The molecule has 0 bridgehead atoms. The number of likely N-dealkylation sites (tertiary alicyclic amines) is 1. The molecule has 0 amide bonds. The first-order valence-corrected chi connectivity index (χ1v) is 9.52. The van der Waals surface area contributed by atoms with E-state index in [1.54, 1.807) is 7.05 Å². The van der Waals surface area contributed by atoms with Crippen molar-refractivity contribution in [2.24, 2.45) is 4.99 Å². The summed E-state index contributed by atoms with van der Waals surface area (Å²) in [6, 6.07) is 20.8. The van der Waals surface area contributed by atoms with E-state index in [9.17, 15) is 0 Å². The Balaban J connectivity index is 1.58. The van der Waals surface area contributed by atoms with Crippen molar-refractivity contribution < 1.29 is 0 Å². The number of nitrogens with one attached hydrogen (secondary N) is 2. The number of aliphatic imine (C=N–C) groups is 1. The van der Waals surface area contributed by atoms with Crippen LogP contribution in [0.2, 0.25) is 0 Å². The number of benzene rings is 2. The van der Waals surface area contributed by atoms with Crippen molar-refractivity contribution in [3.8, 4) is 6.07 Å². The fraction of sp³-hybridized carbons (Fsp3) is 0.364. The average Bonchev–Trinajstić information content (AvgIpc) is 3.26. The van der Waals surface area contributed by atoms with Gasteiger partial charge in [0.2, 0.25) is 0 Å². The first kappa shape index (κ1) is 18.9. The molecule has 1 fully saturated rings. The average molecular weight is 361 g/mol. The minimum absolute atomic E-state index is 0.349. The largest absolute Gasteiger partial charge is 0.354 e.